The minimum absolute atomic E-state index is 0.0260. The van der Waals surface area contributed by atoms with Gasteiger partial charge >= 0.3 is 18.2 Å². The number of carbonyl (C=O) groups excluding carboxylic acids is 7. The van der Waals surface area contributed by atoms with Gasteiger partial charge in [-0.1, -0.05) is 18.2 Å². The number of nitrogens with zero attached hydrogens (tertiary/aromatic N) is 2. The van der Waals surface area contributed by atoms with Crippen molar-refractivity contribution in [2.75, 3.05) is 13.1 Å². The maximum atomic E-state index is 14.5. The molecule has 0 aromatic heterocycles. The molecule has 1 aromatic carbocycles. The zero-order chi connectivity index (χ0) is 41.4. The lowest BCUT2D eigenvalue weighted by atomic mass is 10.1. The number of halogens is 1. The van der Waals surface area contributed by atoms with Gasteiger partial charge in [0.1, 0.15) is 35.1 Å². The molecule has 0 bridgehead atoms. The summed E-state index contributed by atoms with van der Waals surface area (Å²) in [6.07, 6.45) is -1.97. The molecule has 18 nitrogen and oxygen atoms in total. The first-order chi connectivity index (χ1) is 26.8. The van der Waals surface area contributed by atoms with Crippen LogP contribution < -0.4 is 20.7 Å². The summed E-state index contributed by atoms with van der Waals surface area (Å²) in [7, 11) is -3.99. The molecule has 2 saturated heterocycles. The molecule has 4 N–H and O–H groups in total. The molecule has 5 aliphatic rings. The molecule has 3 heterocycles. The van der Waals surface area contributed by atoms with Crippen LogP contribution in [0.1, 0.15) is 76.8 Å². The molecule has 20 heteroatoms. The molecule has 310 valence electrons. The lowest BCUT2D eigenvalue weighted by Crippen LogP contribution is -2.58. The van der Waals surface area contributed by atoms with Gasteiger partial charge < -0.3 is 35.1 Å². The number of rotatable bonds is 13. The molecule has 2 saturated carbocycles. The summed E-state index contributed by atoms with van der Waals surface area (Å²) in [5.41, 5.74) is -1.75. The van der Waals surface area contributed by atoms with Crippen LogP contribution in [0.3, 0.4) is 0 Å². The maximum absolute atomic E-state index is 14.5. The highest BCUT2D eigenvalue weighted by atomic mass is 32.2. The second-order valence-electron chi connectivity index (χ2n) is 16.0. The molecule has 57 heavy (non-hydrogen) atoms. The fourth-order valence-electron chi connectivity index (χ4n) is 7.19. The zero-order valence-corrected chi connectivity index (χ0v) is 32.7. The fourth-order valence-corrected chi connectivity index (χ4v) is 8.56. The summed E-state index contributed by atoms with van der Waals surface area (Å²) >= 11 is 0. The topological polar surface area (TPSA) is 236 Å². The Morgan fingerprint density at radius 1 is 1.11 bits per heavy atom. The average Bonchev–Trinajstić information content (AvgIpc) is 3.95. The summed E-state index contributed by atoms with van der Waals surface area (Å²) in [4.78, 5) is 95.0. The molecule has 1 aromatic rings. The second-order valence-corrected chi connectivity index (χ2v) is 17.9. The van der Waals surface area contributed by atoms with Crippen LogP contribution in [0.2, 0.25) is 0 Å². The Morgan fingerprint density at radius 3 is 2.46 bits per heavy atom. The molecule has 0 unspecified atom stereocenters. The van der Waals surface area contributed by atoms with Gasteiger partial charge in [-0.25, -0.2) is 22.4 Å². The molecule has 6 amide bonds. The molecule has 0 radical (unpaired) electrons. The van der Waals surface area contributed by atoms with Crippen molar-refractivity contribution < 1.29 is 60.6 Å². The number of nitrogens with one attached hydrogen (secondary N) is 4. The van der Waals surface area contributed by atoms with Gasteiger partial charge in [-0.2, -0.15) is 0 Å². The third-order valence-electron chi connectivity index (χ3n) is 10.4. The largest absolute Gasteiger partial charge is 0.452 e. The van der Waals surface area contributed by atoms with Crippen molar-refractivity contribution in [3.8, 4) is 0 Å². The van der Waals surface area contributed by atoms with Crippen LogP contribution in [0, 0.1) is 11.7 Å². The maximum Gasteiger partial charge on any atom is 0.410 e. The van der Waals surface area contributed by atoms with E-state index in [1.807, 2.05) is 0 Å². The number of cyclic esters (lactones) is 1. The van der Waals surface area contributed by atoms with E-state index in [0.717, 1.165) is 4.90 Å². The summed E-state index contributed by atoms with van der Waals surface area (Å²) in [6, 6.07) is 1.65. The molecule has 4 fully saturated rings. The van der Waals surface area contributed by atoms with Gasteiger partial charge in [0.25, 0.3) is 11.8 Å². The number of benzene rings is 1. The third-order valence-corrected chi connectivity index (χ3v) is 12.3. The molecule has 3 aliphatic heterocycles. The quantitative estimate of drug-likeness (QED) is 0.124. The number of carbonyl (C=O) groups is 7. The number of amides is 6. The summed E-state index contributed by atoms with van der Waals surface area (Å²) in [5.74, 6) is -4.92. The summed E-state index contributed by atoms with van der Waals surface area (Å²) in [5, 5.41) is 7.00. The minimum Gasteiger partial charge on any atom is -0.452 e. The molecular weight excluding hydrogens is 772 g/mol. The summed E-state index contributed by atoms with van der Waals surface area (Å²) < 4.78 is 58.0. The number of ether oxygens (including phenoxy) is 3. The van der Waals surface area contributed by atoms with E-state index in [1.165, 1.54) is 23.1 Å². The Morgan fingerprint density at radius 2 is 1.84 bits per heavy atom. The smallest absolute Gasteiger partial charge is 0.410 e. The van der Waals surface area contributed by atoms with Crippen LogP contribution in [-0.2, 0) is 61.3 Å². The van der Waals surface area contributed by atoms with Crippen LogP contribution in [0.15, 0.2) is 30.9 Å². The number of sulfonamides is 1. The first kappa shape index (κ1) is 41.4. The third kappa shape index (κ3) is 9.48. The van der Waals surface area contributed by atoms with Crippen LogP contribution in [0.4, 0.5) is 14.0 Å². The zero-order valence-electron chi connectivity index (χ0n) is 31.8. The SMILES string of the molecule is C=C[C@@H]1C[C@]1(NC(=O)[C@@H]1C[C@@H](OC(=O)N2Cc3cccc(F)c3C2)CN1C(=O)[C@H](CCNC(=O)[C@H]1CCC(=O)O1)NC(=O)OC(C)(C)C)C(=O)NS(=O)(=O)C1CC1. The normalized spacial score (nSPS) is 25.7. The van der Waals surface area contributed by atoms with Crippen molar-refractivity contribution in [3.05, 3.63) is 47.8 Å². The second kappa shape index (κ2) is 15.9. The van der Waals surface area contributed by atoms with E-state index in [-0.39, 0.29) is 58.3 Å². The van der Waals surface area contributed by atoms with Gasteiger partial charge in [0.15, 0.2) is 6.10 Å². The number of alkyl carbamates (subject to hydrolysis) is 1. The number of hydrogen-bond acceptors (Lipinski definition) is 12. The van der Waals surface area contributed by atoms with E-state index >= 15 is 0 Å². The Labute approximate surface area is 328 Å². The Kier molecular flexibility index (Phi) is 11.6. The monoisotopic (exact) mass is 818 g/mol. The lowest BCUT2D eigenvalue weighted by Gasteiger charge is -2.30. The first-order valence-electron chi connectivity index (χ1n) is 18.8. The van der Waals surface area contributed by atoms with Crippen molar-refractivity contribution in [1.82, 2.24) is 30.5 Å². The van der Waals surface area contributed by atoms with Crippen LogP contribution in [0.25, 0.3) is 0 Å². The Hall–Kier alpha value is -5.27. The average molecular weight is 819 g/mol. The van der Waals surface area contributed by atoms with Crippen molar-refractivity contribution in [2.45, 2.75) is 119 Å². The highest BCUT2D eigenvalue weighted by molar-refractivity contribution is 7.91. The van der Waals surface area contributed by atoms with Crippen molar-refractivity contribution >= 4 is 51.8 Å². The van der Waals surface area contributed by atoms with Gasteiger partial charge in [0, 0.05) is 43.8 Å². The number of hydrogen-bond donors (Lipinski definition) is 4. The Bertz CT molecular complexity index is 1970. The van der Waals surface area contributed by atoms with Crippen LogP contribution in [-0.4, -0.2) is 114 Å². The van der Waals surface area contributed by atoms with Gasteiger partial charge in [-0.05, 0) is 58.1 Å². The highest BCUT2D eigenvalue weighted by Crippen LogP contribution is 2.45. The van der Waals surface area contributed by atoms with Gasteiger partial charge in [-0.3, -0.25) is 33.6 Å². The van der Waals surface area contributed by atoms with E-state index in [9.17, 15) is 46.4 Å². The van der Waals surface area contributed by atoms with Crippen LogP contribution >= 0.6 is 0 Å². The number of fused-ring (bicyclic) bond motifs is 1. The predicted molar refractivity (Wildman–Crippen MR) is 195 cm³/mol. The van der Waals surface area contributed by atoms with Gasteiger partial charge in [0.05, 0.1) is 18.3 Å². The fraction of sp³-hybridized carbons (Fsp3) is 0.595. The van der Waals surface area contributed by atoms with Gasteiger partial charge in [-0.15, -0.1) is 6.58 Å². The van der Waals surface area contributed by atoms with E-state index in [0.29, 0.717) is 24.0 Å². The lowest BCUT2D eigenvalue weighted by molar-refractivity contribution is -0.148. The van der Waals surface area contributed by atoms with Gasteiger partial charge in [0.2, 0.25) is 21.8 Å². The minimum atomic E-state index is -3.99. The van der Waals surface area contributed by atoms with Crippen molar-refractivity contribution in [3.63, 3.8) is 0 Å². The van der Waals surface area contributed by atoms with Crippen LogP contribution in [0.5, 0.6) is 0 Å². The number of esters is 1. The van der Waals surface area contributed by atoms with E-state index in [4.69, 9.17) is 14.2 Å². The summed E-state index contributed by atoms with van der Waals surface area (Å²) in [6.45, 7) is 7.97. The number of likely N-dealkylation sites (tertiary alicyclic amines) is 1. The molecule has 6 rings (SSSR count). The highest BCUT2D eigenvalue weighted by Gasteiger charge is 2.62. The van der Waals surface area contributed by atoms with Crippen molar-refractivity contribution in [1.29, 1.82) is 0 Å². The first-order valence-corrected chi connectivity index (χ1v) is 20.3. The van der Waals surface area contributed by atoms with Crippen molar-refractivity contribution in [2.24, 2.45) is 5.92 Å². The Balaban J connectivity index is 1.22. The molecule has 6 atom stereocenters. The standard InChI is InChI=1S/C37H47FN6O12S/c1-5-21-16-37(21,33(49)42-57(52,53)23-9-10-23)41-30(46)27-15-22(54-35(51)43-17-20-7-6-8-25(38)24(20)19-43)18-44(27)32(48)26(40-34(50)56-36(2,3)4)13-14-39-31(47)28-11-12-29(45)55-28/h5-8,21-23,26-28H,1,9-19H2,2-4H3,(H,39,47)(H,40,50)(H,41,46)(H,42,49)/t21-,22-,26+,27+,28-,37-/m1/s1. The van der Waals surface area contributed by atoms with E-state index in [2.05, 4.69) is 27.3 Å². The molecular formula is C37H47FN6O12S. The van der Waals surface area contributed by atoms with E-state index < -0.39 is 104 Å². The van der Waals surface area contributed by atoms with E-state index in [1.54, 1.807) is 26.8 Å². The predicted octanol–water partition coefficient (Wildman–Crippen LogP) is 1.02. The molecule has 2 aliphatic carbocycles. The molecule has 0 spiro atoms.